The van der Waals surface area contributed by atoms with Gasteiger partial charge in [0.2, 0.25) is 0 Å². The Morgan fingerprint density at radius 1 is 0.633 bits per heavy atom. The van der Waals surface area contributed by atoms with E-state index in [0.29, 0.717) is 0 Å². The molecule has 168 valence electrons. The smallest absolute Gasteiger partial charge is 0.251 e. The summed E-state index contributed by atoms with van der Waals surface area (Å²) in [6.45, 7) is 2.29. The number of aromatic nitrogens is 1. The normalized spacial score (nSPS) is 11.4. The molecule has 0 saturated carbocycles. The third kappa shape index (κ3) is 10.5. The molecule has 30 heavy (non-hydrogen) atoms. The Hall–Kier alpha value is -1.57. The van der Waals surface area contributed by atoms with Crippen molar-refractivity contribution in [1.82, 2.24) is 4.98 Å². The fourth-order valence-electron chi connectivity index (χ4n) is 4.42. The minimum Gasteiger partial charge on any atom is -0.322 e. The number of para-hydroxylation sites is 1. The number of benzene rings is 1. The van der Waals surface area contributed by atoms with Crippen molar-refractivity contribution in [2.45, 2.75) is 122 Å². The van der Waals surface area contributed by atoms with E-state index in [0.717, 1.165) is 29.3 Å². The van der Waals surface area contributed by atoms with Gasteiger partial charge in [-0.2, -0.15) is 0 Å². The van der Waals surface area contributed by atoms with Crippen molar-refractivity contribution in [3.63, 3.8) is 0 Å². The molecule has 0 unspecified atom stereocenters. The van der Waals surface area contributed by atoms with Gasteiger partial charge in [-0.25, -0.2) is 0 Å². The van der Waals surface area contributed by atoms with Gasteiger partial charge in [-0.3, -0.25) is 4.79 Å². The van der Waals surface area contributed by atoms with Crippen molar-refractivity contribution in [2.75, 3.05) is 0 Å². The number of hydrogen-bond donors (Lipinski definition) is 1. The standard InChI is InChI=1S/C28H45NO/c1-2-3-4-5-6-7-8-9-10-11-12-13-14-15-16-17-18-22-26-24-25-21-19-20-23-27(25)29-28(26)30/h19-21,23-24H,2-18,22H2,1H3,(H,29,30). The van der Waals surface area contributed by atoms with Crippen LogP contribution in [0.2, 0.25) is 0 Å². The van der Waals surface area contributed by atoms with Gasteiger partial charge in [0.05, 0.1) is 0 Å². The van der Waals surface area contributed by atoms with Gasteiger partial charge in [0, 0.05) is 11.1 Å². The lowest BCUT2D eigenvalue weighted by Gasteiger charge is -2.05. The molecular weight excluding hydrogens is 366 g/mol. The summed E-state index contributed by atoms with van der Waals surface area (Å²) in [5.41, 5.74) is 1.97. The number of pyridine rings is 1. The van der Waals surface area contributed by atoms with Gasteiger partial charge in [0.25, 0.3) is 5.56 Å². The van der Waals surface area contributed by atoms with Gasteiger partial charge in [-0.15, -0.1) is 0 Å². The molecule has 0 spiro atoms. The van der Waals surface area contributed by atoms with Crippen LogP contribution in [0.25, 0.3) is 10.9 Å². The van der Waals surface area contributed by atoms with Crippen LogP contribution in [0, 0.1) is 0 Å². The van der Waals surface area contributed by atoms with Crippen molar-refractivity contribution in [2.24, 2.45) is 0 Å². The predicted molar refractivity (Wildman–Crippen MR) is 132 cm³/mol. The predicted octanol–water partition coefficient (Wildman–Crippen LogP) is 8.72. The van der Waals surface area contributed by atoms with E-state index in [1.165, 1.54) is 103 Å². The molecule has 1 aromatic heterocycles. The highest BCUT2D eigenvalue weighted by Gasteiger charge is 2.02. The number of hydrogen-bond acceptors (Lipinski definition) is 1. The summed E-state index contributed by atoms with van der Waals surface area (Å²) in [7, 11) is 0. The Morgan fingerprint density at radius 2 is 1.10 bits per heavy atom. The van der Waals surface area contributed by atoms with E-state index in [1.807, 2.05) is 18.2 Å². The summed E-state index contributed by atoms with van der Waals surface area (Å²) in [5, 5.41) is 1.14. The first-order valence-corrected chi connectivity index (χ1v) is 12.9. The summed E-state index contributed by atoms with van der Waals surface area (Å²) in [6.07, 6.45) is 24.5. The van der Waals surface area contributed by atoms with E-state index in [9.17, 15) is 4.79 Å². The third-order valence-electron chi connectivity index (χ3n) is 6.38. The van der Waals surface area contributed by atoms with E-state index in [-0.39, 0.29) is 5.56 Å². The second kappa shape index (κ2) is 16.2. The molecule has 0 amide bonds. The molecule has 1 aromatic carbocycles. The van der Waals surface area contributed by atoms with Gasteiger partial charge in [-0.05, 0) is 30.4 Å². The lowest BCUT2D eigenvalue weighted by molar-refractivity contribution is 0.527. The quantitative estimate of drug-likeness (QED) is 0.244. The van der Waals surface area contributed by atoms with E-state index in [1.54, 1.807) is 0 Å². The Kier molecular flexibility index (Phi) is 13.3. The van der Waals surface area contributed by atoms with E-state index < -0.39 is 0 Å². The highest BCUT2D eigenvalue weighted by Crippen LogP contribution is 2.15. The van der Waals surface area contributed by atoms with Crippen molar-refractivity contribution < 1.29 is 0 Å². The molecule has 2 rings (SSSR count). The summed E-state index contributed by atoms with van der Waals surface area (Å²) in [5.74, 6) is 0. The minimum atomic E-state index is 0.0881. The fraction of sp³-hybridized carbons (Fsp3) is 0.679. The van der Waals surface area contributed by atoms with Gasteiger partial charge >= 0.3 is 0 Å². The molecule has 2 heteroatoms. The molecule has 0 atom stereocenters. The van der Waals surface area contributed by atoms with Crippen molar-refractivity contribution >= 4 is 10.9 Å². The zero-order chi connectivity index (χ0) is 21.3. The van der Waals surface area contributed by atoms with Crippen LogP contribution in [0.3, 0.4) is 0 Å². The zero-order valence-corrected chi connectivity index (χ0v) is 19.5. The number of fused-ring (bicyclic) bond motifs is 1. The number of aromatic amines is 1. The molecule has 0 bridgehead atoms. The summed E-state index contributed by atoms with van der Waals surface area (Å²) in [6, 6.07) is 10.1. The van der Waals surface area contributed by atoms with Gasteiger partial charge in [0.15, 0.2) is 0 Å². The van der Waals surface area contributed by atoms with Crippen molar-refractivity contribution in [1.29, 1.82) is 0 Å². The molecule has 0 aliphatic carbocycles. The maximum Gasteiger partial charge on any atom is 0.251 e. The highest BCUT2D eigenvalue weighted by atomic mass is 16.1. The molecular formula is C28H45NO. The van der Waals surface area contributed by atoms with Crippen LogP contribution >= 0.6 is 0 Å². The summed E-state index contributed by atoms with van der Waals surface area (Å²) < 4.78 is 0. The van der Waals surface area contributed by atoms with Crippen LogP contribution in [-0.2, 0) is 6.42 Å². The molecule has 2 aromatic rings. The van der Waals surface area contributed by atoms with Crippen molar-refractivity contribution in [3.8, 4) is 0 Å². The highest BCUT2D eigenvalue weighted by molar-refractivity contribution is 5.78. The molecule has 0 aliphatic heterocycles. The van der Waals surface area contributed by atoms with Gasteiger partial charge in [-0.1, -0.05) is 128 Å². The van der Waals surface area contributed by atoms with Crippen LogP contribution in [-0.4, -0.2) is 4.98 Å². The average Bonchev–Trinajstić information content (AvgIpc) is 2.76. The molecule has 2 nitrogen and oxygen atoms in total. The van der Waals surface area contributed by atoms with Crippen LogP contribution in [0.4, 0.5) is 0 Å². The second-order valence-electron chi connectivity index (χ2n) is 9.12. The maximum absolute atomic E-state index is 12.2. The Bertz CT molecular complexity index is 733. The zero-order valence-electron chi connectivity index (χ0n) is 19.5. The number of aryl methyl sites for hydroxylation is 1. The molecule has 0 aliphatic rings. The first-order chi connectivity index (χ1) is 14.8. The number of nitrogens with one attached hydrogen (secondary N) is 1. The third-order valence-corrected chi connectivity index (χ3v) is 6.38. The minimum absolute atomic E-state index is 0.0881. The SMILES string of the molecule is CCCCCCCCCCCCCCCCCCCc1cc2ccccc2[nH]c1=O. The van der Waals surface area contributed by atoms with E-state index >= 15 is 0 Å². The molecule has 1 N–H and O–H groups in total. The topological polar surface area (TPSA) is 32.9 Å². The number of rotatable bonds is 18. The van der Waals surface area contributed by atoms with Crippen molar-refractivity contribution in [3.05, 3.63) is 46.2 Å². The number of H-pyrrole nitrogens is 1. The molecule has 0 fully saturated rings. The van der Waals surface area contributed by atoms with Gasteiger partial charge < -0.3 is 4.98 Å². The second-order valence-corrected chi connectivity index (χ2v) is 9.12. The summed E-state index contributed by atoms with van der Waals surface area (Å²) >= 11 is 0. The van der Waals surface area contributed by atoms with Crippen LogP contribution in [0.5, 0.6) is 0 Å². The molecule has 0 saturated heterocycles. The monoisotopic (exact) mass is 411 g/mol. The lowest BCUT2D eigenvalue weighted by atomic mass is 10.0. The van der Waals surface area contributed by atoms with Crippen LogP contribution in [0.1, 0.15) is 122 Å². The Labute approximate surface area is 184 Å². The van der Waals surface area contributed by atoms with Crippen LogP contribution < -0.4 is 5.56 Å². The largest absolute Gasteiger partial charge is 0.322 e. The van der Waals surface area contributed by atoms with E-state index in [4.69, 9.17) is 0 Å². The first kappa shape index (κ1) is 24.7. The van der Waals surface area contributed by atoms with Crippen LogP contribution in [0.15, 0.2) is 35.1 Å². The average molecular weight is 412 g/mol. The Balaban J connectivity index is 1.38. The maximum atomic E-state index is 12.2. The van der Waals surface area contributed by atoms with Gasteiger partial charge in [0.1, 0.15) is 0 Å². The summed E-state index contributed by atoms with van der Waals surface area (Å²) in [4.78, 5) is 15.2. The fourth-order valence-corrected chi connectivity index (χ4v) is 4.42. The lowest BCUT2D eigenvalue weighted by Crippen LogP contribution is -2.12. The first-order valence-electron chi connectivity index (χ1n) is 12.9. The number of unbranched alkanes of at least 4 members (excludes halogenated alkanes) is 16. The molecule has 1 heterocycles. The molecule has 0 radical (unpaired) electrons. The Morgan fingerprint density at radius 3 is 1.63 bits per heavy atom. The van der Waals surface area contributed by atoms with E-state index in [2.05, 4.69) is 24.0 Å².